The number of hydrogen-bond acceptors (Lipinski definition) is 3. The van der Waals surface area contributed by atoms with Gasteiger partial charge in [0, 0.05) is 28.9 Å². The van der Waals surface area contributed by atoms with Crippen molar-refractivity contribution in [1.82, 2.24) is 4.98 Å². The van der Waals surface area contributed by atoms with E-state index in [0.29, 0.717) is 5.57 Å². The number of benzene rings is 1. The van der Waals surface area contributed by atoms with Crippen LogP contribution < -0.4 is 16.4 Å². The highest BCUT2D eigenvalue weighted by Gasteiger charge is 2.27. The first-order chi connectivity index (χ1) is 10.5. The number of nitrogens with two attached hydrogens (primary N) is 2. The highest BCUT2D eigenvalue weighted by molar-refractivity contribution is 6.03. The van der Waals surface area contributed by atoms with Gasteiger partial charge in [-0.2, -0.15) is 0 Å². The van der Waals surface area contributed by atoms with Crippen molar-refractivity contribution in [2.45, 2.75) is 13.0 Å². The molecule has 1 aromatic carbocycles. The molecule has 112 valence electrons. The summed E-state index contributed by atoms with van der Waals surface area (Å²) in [5, 5.41) is 0.986. The van der Waals surface area contributed by atoms with Crippen molar-refractivity contribution in [2.24, 2.45) is 11.5 Å². The van der Waals surface area contributed by atoms with Crippen LogP contribution in [0.25, 0.3) is 10.9 Å². The van der Waals surface area contributed by atoms with Crippen molar-refractivity contribution < 1.29 is 9.59 Å². The largest absolute Gasteiger partial charge is 0.366 e. The van der Waals surface area contributed by atoms with Crippen LogP contribution in [0.15, 0.2) is 53.9 Å². The van der Waals surface area contributed by atoms with Crippen LogP contribution in [0.5, 0.6) is 0 Å². The third kappa shape index (κ3) is 2.14. The van der Waals surface area contributed by atoms with E-state index in [9.17, 15) is 9.59 Å². The molecule has 1 unspecified atom stereocenters. The molecule has 0 aliphatic carbocycles. The van der Waals surface area contributed by atoms with E-state index >= 15 is 0 Å². The smallest absolute Gasteiger partial charge is 0.250 e. The molecule has 0 spiro atoms. The topological polar surface area (TPSA) is 105 Å². The highest BCUT2D eigenvalue weighted by Crippen LogP contribution is 2.32. The molecule has 3 rings (SSSR count). The molecule has 6 heteroatoms. The van der Waals surface area contributed by atoms with Crippen LogP contribution in [0, 0.1) is 0 Å². The van der Waals surface area contributed by atoms with E-state index in [0.717, 1.165) is 16.6 Å². The molecule has 0 bridgehead atoms. The Kier molecular flexibility index (Phi) is 3.21. The van der Waals surface area contributed by atoms with Crippen LogP contribution in [0.3, 0.4) is 0 Å². The van der Waals surface area contributed by atoms with Gasteiger partial charge in [-0.05, 0) is 31.2 Å². The van der Waals surface area contributed by atoms with E-state index in [4.69, 9.17) is 11.5 Å². The summed E-state index contributed by atoms with van der Waals surface area (Å²) >= 11 is 0. The Morgan fingerprint density at radius 2 is 1.95 bits per heavy atom. The average molecular weight is 296 g/mol. The van der Waals surface area contributed by atoms with E-state index < -0.39 is 11.8 Å². The number of aromatic amines is 1. The summed E-state index contributed by atoms with van der Waals surface area (Å²) in [6.45, 7) is 1.86. The number of carbonyl (C=O) groups is 2. The maximum Gasteiger partial charge on any atom is 0.250 e. The molecule has 2 heterocycles. The minimum atomic E-state index is -0.600. The molecule has 6 nitrogen and oxygen atoms in total. The Bertz CT molecular complexity index is 832. The number of primary amides is 2. The zero-order chi connectivity index (χ0) is 15.9. The molecule has 5 N–H and O–H groups in total. The van der Waals surface area contributed by atoms with Gasteiger partial charge in [-0.15, -0.1) is 0 Å². The SMILES string of the molecule is CC1C(C(N)=O)=CC(C(N)=O)=CN1c1cccc2[nH]ccc12. The molecule has 0 fully saturated rings. The Hall–Kier alpha value is -3.02. The Labute approximate surface area is 127 Å². The van der Waals surface area contributed by atoms with Crippen LogP contribution in [0.2, 0.25) is 0 Å². The number of anilines is 1. The highest BCUT2D eigenvalue weighted by atomic mass is 16.1. The fraction of sp³-hybridized carbons (Fsp3) is 0.125. The molecule has 2 aromatic rings. The second kappa shape index (κ2) is 5.07. The quantitative estimate of drug-likeness (QED) is 0.791. The molecule has 22 heavy (non-hydrogen) atoms. The van der Waals surface area contributed by atoms with Crippen molar-refractivity contribution in [3.63, 3.8) is 0 Å². The lowest BCUT2D eigenvalue weighted by Crippen LogP contribution is -2.39. The predicted octanol–water partition coefficient (Wildman–Crippen LogP) is 1.16. The number of nitrogens with one attached hydrogen (secondary N) is 1. The molecule has 1 aliphatic rings. The molecular weight excluding hydrogens is 280 g/mol. The standard InChI is InChI=1S/C16H16N4O2/c1-9-12(16(18)22)7-10(15(17)21)8-20(9)14-4-2-3-13-11(14)5-6-19-13/h2-9,19H,1H3,(H2,17,21)(H2,18,22). The Morgan fingerprint density at radius 3 is 2.64 bits per heavy atom. The van der Waals surface area contributed by atoms with Crippen LogP contribution in [-0.4, -0.2) is 22.8 Å². The summed E-state index contributed by atoms with van der Waals surface area (Å²) in [6, 6.07) is 7.43. The van der Waals surface area contributed by atoms with Gasteiger partial charge in [0.25, 0.3) is 0 Å². The molecule has 1 aliphatic heterocycles. The van der Waals surface area contributed by atoms with Crippen LogP contribution >= 0.6 is 0 Å². The molecule has 0 saturated carbocycles. The van der Waals surface area contributed by atoms with Gasteiger partial charge in [-0.1, -0.05) is 6.07 Å². The Morgan fingerprint density at radius 1 is 1.18 bits per heavy atom. The summed E-state index contributed by atoms with van der Waals surface area (Å²) in [7, 11) is 0. The molecule has 0 saturated heterocycles. The number of hydrogen-bond donors (Lipinski definition) is 3. The maximum atomic E-state index is 11.7. The molecule has 2 amide bonds. The van der Waals surface area contributed by atoms with Crippen molar-refractivity contribution >= 4 is 28.4 Å². The van der Waals surface area contributed by atoms with Crippen molar-refractivity contribution in [3.05, 3.63) is 53.9 Å². The number of nitrogens with zero attached hydrogens (tertiary/aromatic N) is 1. The first kappa shape index (κ1) is 13.9. The summed E-state index contributed by atoms with van der Waals surface area (Å²) in [4.78, 5) is 28.2. The van der Waals surface area contributed by atoms with Crippen molar-refractivity contribution in [1.29, 1.82) is 0 Å². The van der Waals surface area contributed by atoms with Crippen molar-refractivity contribution in [3.8, 4) is 0 Å². The summed E-state index contributed by atoms with van der Waals surface area (Å²) in [5.41, 5.74) is 13.2. The fourth-order valence-corrected chi connectivity index (χ4v) is 2.72. The number of carbonyl (C=O) groups excluding carboxylic acids is 2. The van der Waals surface area contributed by atoms with Crippen molar-refractivity contribution in [2.75, 3.05) is 4.90 Å². The van der Waals surface area contributed by atoms with Gasteiger partial charge in [0.1, 0.15) is 0 Å². The minimum Gasteiger partial charge on any atom is -0.366 e. The third-order valence-electron chi connectivity index (χ3n) is 3.88. The van der Waals surface area contributed by atoms with E-state index in [1.165, 1.54) is 6.08 Å². The number of fused-ring (bicyclic) bond motifs is 1. The molecule has 1 atom stereocenters. The van der Waals surface area contributed by atoms with Gasteiger partial charge in [0.05, 0.1) is 17.3 Å². The second-order valence-corrected chi connectivity index (χ2v) is 5.21. The normalized spacial score (nSPS) is 18.0. The predicted molar refractivity (Wildman–Crippen MR) is 84.8 cm³/mol. The van der Waals surface area contributed by atoms with Gasteiger partial charge in [0.15, 0.2) is 0 Å². The summed E-state index contributed by atoms with van der Waals surface area (Å²) in [6.07, 6.45) is 4.95. The fourth-order valence-electron chi connectivity index (χ4n) is 2.72. The van der Waals surface area contributed by atoms with Gasteiger partial charge in [-0.25, -0.2) is 0 Å². The van der Waals surface area contributed by atoms with E-state index in [2.05, 4.69) is 4.98 Å². The minimum absolute atomic E-state index is 0.249. The van der Waals surface area contributed by atoms with E-state index in [-0.39, 0.29) is 11.6 Å². The lowest BCUT2D eigenvalue weighted by atomic mass is 9.98. The number of rotatable bonds is 3. The zero-order valence-corrected chi connectivity index (χ0v) is 12.0. The Balaban J connectivity index is 2.17. The molecule has 0 radical (unpaired) electrons. The van der Waals surface area contributed by atoms with Gasteiger partial charge in [0.2, 0.25) is 11.8 Å². The third-order valence-corrected chi connectivity index (χ3v) is 3.88. The summed E-state index contributed by atoms with van der Waals surface area (Å²) < 4.78 is 0. The zero-order valence-electron chi connectivity index (χ0n) is 12.0. The molecular formula is C16H16N4O2. The van der Waals surface area contributed by atoms with Crippen LogP contribution in [-0.2, 0) is 9.59 Å². The van der Waals surface area contributed by atoms with Gasteiger partial charge >= 0.3 is 0 Å². The van der Waals surface area contributed by atoms with E-state index in [1.807, 2.05) is 42.3 Å². The van der Waals surface area contributed by atoms with Crippen LogP contribution in [0.4, 0.5) is 5.69 Å². The number of amides is 2. The number of aromatic nitrogens is 1. The maximum absolute atomic E-state index is 11.7. The summed E-state index contributed by atoms with van der Waals surface area (Å²) in [5.74, 6) is -1.16. The monoisotopic (exact) mass is 296 g/mol. The van der Waals surface area contributed by atoms with Gasteiger partial charge < -0.3 is 21.4 Å². The number of H-pyrrole nitrogens is 1. The lowest BCUT2D eigenvalue weighted by Gasteiger charge is -2.32. The van der Waals surface area contributed by atoms with Gasteiger partial charge in [-0.3, -0.25) is 9.59 Å². The van der Waals surface area contributed by atoms with Crippen LogP contribution in [0.1, 0.15) is 6.92 Å². The second-order valence-electron chi connectivity index (χ2n) is 5.21. The average Bonchev–Trinajstić information content (AvgIpc) is 2.95. The molecule has 1 aromatic heterocycles. The lowest BCUT2D eigenvalue weighted by molar-refractivity contribution is -0.114. The first-order valence-electron chi connectivity index (χ1n) is 6.86. The van der Waals surface area contributed by atoms with E-state index in [1.54, 1.807) is 6.20 Å². The first-order valence-corrected chi connectivity index (χ1v) is 6.86.